The van der Waals surface area contributed by atoms with Crippen molar-refractivity contribution < 1.29 is 18.5 Å². The molecule has 0 bridgehead atoms. The van der Waals surface area contributed by atoms with Gasteiger partial charge in [0.15, 0.2) is 0 Å². The standard InChI is InChI=1S/C8H10NO5P/c1-13-15(12)14-6-7-2-4-8(5-3-7)9(10)11/h2-5,15H,6H2,1H3. The van der Waals surface area contributed by atoms with E-state index in [2.05, 4.69) is 4.52 Å². The Morgan fingerprint density at radius 2 is 2.00 bits per heavy atom. The molecule has 0 aliphatic carbocycles. The third-order valence-corrected chi connectivity index (χ3v) is 2.38. The maximum absolute atomic E-state index is 10.8. The van der Waals surface area contributed by atoms with Crippen molar-refractivity contribution in [1.29, 1.82) is 0 Å². The lowest BCUT2D eigenvalue weighted by Gasteiger charge is -2.01. The third kappa shape index (κ3) is 3.79. The summed E-state index contributed by atoms with van der Waals surface area (Å²) < 4.78 is 20.1. The molecule has 6 nitrogen and oxygen atoms in total. The van der Waals surface area contributed by atoms with Crippen LogP contribution in [0, 0.1) is 10.1 Å². The number of hydrogen-bond acceptors (Lipinski definition) is 5. The van der Waals surface area contributed by atoms with Crippen LogP contribution in [0.4, 0.5) is 5.69 Å². The van der Waals surface area contributed by atoms with Crippen molar-refractivity contribution in [3.8, 4) is 0 Å². The molecule has 0 aliphatic rings. The smallest absolute Gasteiger partial charge is 0.314 e. The van der Waals surface area contributed by atoms with Crippen LogP contribution < -0.4 is 0 Å². The van der Waals surface area contributed by atoms with E-state index in [9.17, 15) is 14.7 Å². The Morgan fingerprint density at radius 1 is 1.40 bits per heavy atom. The van der Waals surface area contributed by atoms with E-state index in [0.717, 1.165) is 0 Å². The first-order valence-corrected chi connectivity index (χ1v) is 5.30. The Morgan fingerprint density at radius 3 is 2.47 bits per heavy atom. The molecule has 0 radical (unpaired) electrons. The summed E-state index contributed by atoms with van der Waals surface area (Å²) in [6.45, 7) is 0.115. The summed E-state index contributed by atoms with van der Waals surface area (Å²) in [4.78, 5) is 9.85. The lowest BCUT2D eigenvalue weighted by molar-refractivity contribution is -0.384. The average Bonchev–Trinajstić information content (AvgIpc) is 2.26. The number of nitro benzene ring substituents is 1. The van der Waals surface area contributed by atoms with Crippen LogP contribution in [0.1, 0.15) is 5.56 Å². The molecule has 15 heavy (non-hydrogen) atoms. The number of nitrogens with zero attached hydrogens (tertiary/aromatic N) is 1. The van der Waals surface area contributed by atoms with Gasteiger partial charge in [0.1, 0.15) is 0 Å². The number of hydrogen-bond donors (Lipinski definition) is 0. The van der Waals surface area contributed by atoms with Gasteiger partial charge in [0.2, 0.25) is 0 Å². The molecule has 0 aromatic heterocycles. The van der Waals surface area contributed by atoms with E-state index in [4.69, 9.17) is 4.52 Å². The highest BCUT2D eigenvalue weighted by molar-refractivity contribution is 7.33. The predicted octanol–water partition coefficient (Wildman–Crippen LogP) is 2.15. The van der Waals surface area contributed by atoms with Crippen LogP contribution in [0.3, 0.4) is 0 Å². The average molecular weight is 231 g/mol. The molecule has 1 aromatic carbocycles. The first kappa shape index (κ1) is 11.8. The Hall–Kier alpha value is -1.23. The van der Waals surface area contributed by atoms with Gasteiger partial charge < -0.3 is 9.05 Å². The highest BCUT2D eigenvalue weighted by Crippen LogP contribution is 2.24. The lowest BCUT2D eigenvalue weighted by atomic mass is 10.2. The van der Waals surface area contributed by atoms with E-state index < -0.39 is 13.2 Å². The number of non-ortho nitro benzene ring substituents is 1. The van der Waals surface area contributed by atoms with Gasteiger partial charge in [-0.1, -0.05) is 0 Å². The van der Waals surface area contributed by atoms with Crippen LogP contribution >= 0.6 is 8.25 Å². The molecule has 1 rings (SSSR count). The summed E-state index contributed by atoms with van der Waals surface area (Å²) in [5, 5.41) is 10.3. The SMILES string of the molecule is CO[PH](=O)OCc1ccc([N+](=O)[O-])cc1. The van der Waals surface area contributed by atoms with Gasteiger partial charge >= 0.3 is 8.25 Å². The third-order valence-electron chi connectivity index (χ3n) is 1.67. The fourth-order valence-electron chi connectivity index (χ4n) is 0.915. The second-order valence-electron chi connectivity index (χ2n) is 2.67. The normalized spacial score (nSPS) is 12.3. The minimum Gasteiger partial charge on any atom is -0.314 e. The molecule has 1 unspecified atom stereocenters. The van der Waals surface area contributed by atoms with Crippen LogP contribution in [0.25, 0.3) is 0 Å². The minimum absolute atomic E-state index is 0.0122. The summed E-state index contributed by atoms with van der Waals surface area (Å²) in [5.41, 5.74) is 0.717. The molecule has 82 valence electrons. The van der Waals surface area contributed by atoms with Crippen molar-refractivity contribution in [3.63, 3.8) is 0 Å². The molecule has 0 amide bonds. The van der Waals surface area contributed by atoms with Crippen molar-refractivity contribution >= 4 is 13.9 Å². The van der Waals surface area contributed by atoms with Crippen molar-refractivity contribution in [2.45, 2.75) is 6.61 Å². The monoisotopic (exact) mass is 231 g/mol. The molecule has 0 heterocycles. The minimum atomic E-state index is -2.44. The van der Waals surface area contributed by atoms with Gasteiger partial charge in [0.25, 0.3) is 5.69 Å². The van der Waals surface area contributed by atoms with Gasteiger partial charge in [-0.15, -0.1) is 0 Å². The van der Waals surface area contributed by atoms with E-state index in [1.54, 1.807) is 12.1 Å². The predicted molar refractivity (Wildman–Crippen MR) is 53.9 cm³/mol. The van der Waals surface area contributed by atoms with Crippen LogP contribution in [-0.2, 0) is 20.2 Å². The quantitative estimate of drug-likeness (QED) is 0.440. The Balaban J connectivity index is 2.57. The molecular formula is C8H10NO5P. The van der Waals surface area contributed by atoms with Crippen molar-refractivity contribution in [2.24, 2.45) is 0 Å². The maximum Gasteiger partial charge on any atom is 0.319 e. The van der Waals surface area contributed by atoms with Gasteiger partial charge in [0.05, 0.1) is 11.5 Å². The van der Waals surface area contributed by atoms with E-state index in [-0.39, 0.29) is 12.3 Å². The first-order valence-electron chi connectivity index (χ1n) is 4.07. The van der Waals surface area contributed by atoms with E-state index >= 15 is 0 Å². The lowest BCUT2D eigenvalue weighted by Crippen LogP contribution is -1.90. The Bertz CT molecular complexity index is 364. The highest BCUT2D eigenvalue weighted by Gasteiger charge is 2.04. The van der Waals surface area contributed by atoms with Crippen molar-refractivity contribution in [3.05, 3.63) is 39.9 Å². The van der Waals surface area contributed by atoms with Gasteiger partial charge in [-0.25, -0.2) is 0 Å². The summed E-state index contributed by atoms with van der Waals surface area (Å²) >= 11 is 0. The van der Waals surface area contributed by atoms with E-state index in [1.807, 2.05) is 0 Å². The zero-order valence-corrected chi connectivity index (χ0v) is 9.00. The molecule has 0 aliphatic heterocycles. The van der Waals surface area contributed by atoms with Gasteiger partial charge in [0, 0.05) is 19.2 Å². The summed E-state index contributed by atoms with van der Waals surface area (Å²) in [6, 6.07) is 5.82. The van der Waals surface area contributed by atoms with Gasteiger partial charge in [-0.2, -0.15) is 0 Å². The molecule has 1 atom stereocenters. The molecule has 0 saturated heterocycles. The largest absolute Gasteiger partial charge is 0.319 e. The molecule has 0 spiro atoms. The van der Waals surface area contributed by atoms with Gasteiger partial charge in [-0.05, 0) is 17.7 Å². The van der Waals surface area contributed by atoms with Crippen LogP contribution in [-0.4, -0.2) is 12.0 Å². The highest BCUT2D eigenvalue weighted by atomic mass is 31.1. The maximum atomic E-state index is 10.8. The summed E-state index contributed by atoms with van der Waals surface area (Å²) in [5.74, 6) is 0. The first-order chi connectivity index (χ1) is 7.13. The second-order valence-corrected chi connectivity index (χ2v) is 3.86. The molecule has 0 fully saturated rings. The molecule has 0 saturated carbocycles. The fourth-order valence-corrected chi connectivity index (χ4v) is 1.32. The van der Waals surface area contributed by atoms with Crippen molar-refractivity contribution in [2.75, 3.05) is 7.11 Å². The summed E-state index contributed by atoms with van der Waals surface area (Å²) in [6.07, 6.45) is 0. The fraction of sp³-hybridized carbons (Fsp3) is 0.250. The summed E-state index contributed by atoms with van der Waals surface area (Å²) in [7, 11) is -1.15. The van der Waals surface area contributed by atoms with Crippen LogP contribution in [0.5, 0.6) is 0 Å². The molecule has 1 aromatic rings. The zero-order valence-electron chi connectivity index (χ0n) is 8.00. The molecule has 7 heteroatoms. The van der Waals surface area contributed by atoms with Gasteiger partial charge in [-0.3, -0.25) is 14.7 Å². The molecular weight excluding hydrogens is 221 g/mol. The number of rotatable bonds is 5. The second kappa shape index (κ2) is 5.60. The number of benzene rings is 1. The van der Waals surface area contributed by atoms with Crippen LogP contribution in [0.15, 0.2) is 24.3 Å². The van der Waals surface area contributed by atoms with Crippen LogP contribution in [0.2, 0.25) is 0 Å². The van der Waals surface area contributed by atoms with Crippen molar-refractivity contribution in [1.82, 2.24) is 0 Å². The Labute approximate surface area is 86.9 Å². The Kier molecular flexibility index (Phi) is 4.42. The molecule has 0 N–H and O–H groups in total. The topological polar surface area (TPSA) is 78.7 Å². The van der Waals surface area contributed by atoms with E-state index in [0.29, 0.717) is 5.56 Å². The number of nitro groups is 1. The zero-order chi connectivity index (χ0) is 11.3. The van der Waals surface area contributed by atoms with E-state index in [1.165, 1.54) is 19.2 Å².